The Morgan fingerprint density at radius 1 is 1.00 bits per heavy atom. The number of anilines is 1. The number of sulfonamides is 1. The van der Waals surface area contributed by atoms with E-state index >= 15 is 0 Å². The molecule has 0 spiro atoms. The van der Waals surface area contributed by atoms with Crippen LogP contribution in [0.2, 0.25) is 5.02 Å². The molecule has 0 aliphatic carbocycles. The summed E-state index contributed by atoms with van der Waals surface area (Å²) in [6.45, 7) is 0. The van der Waals surface area contributed by atoms with Crippen LogP contribution in [0.1, 0.15) is 10.4 Å². The van der Waals surface area contributed by atoms with E-state index in [9.17, 15) is 13.2 Å². The summed E-state index contributed by atoms with van der Waals surface area (Å²) in [5.74, 6) is -0.770. The van der Waals surface area contributed by atoms with E-state index in [-0.39, 0.29) is 21.2 Å². The Labute approximate surface area is 144 Å². The predicted molar refractivity (Wildman–Crippen MR) is 94.7 cm³/mol. The van der Waals surface area contributed by atoms with Crippen LogP contribution in [0.15, 0.2) is 65.6 Å². The molecule has 3 rings (SSSR count). The molecule has 0 heterocycles. The summed E-state index contributed by atoms with van der Waals surface area (Å²) < 4.78 is 28.0. The molecule has 7 heteroatoms. The number of nitrogens with two attached hydrogens (primary N) is 1. The van der Waals surface area contributed by atoms with Crippen LogP contribution in [-0.2, 0) is 10.0 Å². The fraction of sp³-hybridized carbons (Fsp3) is 0. The molecule has 0 unspecified atom stereocenters. The van der Waals surface area contributed by atoms with Gasteiger partial charge in [-0.05, 0) is 29.7 Å². The third kappa shape index (κ3) is 3.06. The summed E-state index contributed by atoms with van der Waals surface area (Å²) in [5.41, 5.74) is 5.39. The standard InChI is InChI=1S/C17H13ClN2O3S/c18-12-8-9-15(14(10-12)17(19)21)20-24(22,23)16-7-3-5-11-4-1-2-6-13(11)16/h1-10,20H,(H2,19,21). The largest absolute Gasteiger partial charge is 0.366 e. The van der Waals surface area contributed by atoms with Gasteiger partial charge >= 0.3 is 0 Å². The topological polar surface area (TPSA) is 89.3 Å². The van der Waals surface area contributed by atoms with E-state index in [0.29, 0.717) is 5.39 Å². The highest BCUT2D eigenvalue weighted by Gasteiger charge is 2.20. The van der Waals surface area contributed by atoms with Crippen molar-refractivity contribution < 1.29 is 13.2 Å². The van der Waals surface area contributed by atoms with E-state index in [0.717, 1.165) is 5.39 Å². The SMILES string of the molecule is NC(=O)c1cc(Cl)ccc1NS(=O)(=O)c1cccc2ccccc12. The molecule has 0 fully saturated rings. The van der Waals surface area contributed by atoms with Gasteiger partial charge in [0.05, 0.1) is 16.1 Å². The minimum absolute atomic E-state index is 0.00584. The highest BCUT2D eigenvalue weighted by atomic mass is 35.5. The second-order valence-electron chi connectivity index (χ2n) is 5.14. The number of carbonyl (C=O) groups excluding carboxylic acids is 1. The molecule has 0 aliphatic rings. The number of halogens is 1. The average Bonchev–Trinajstić information content (AvgIpc) is 2.55. The molecule has 0 saturated heterocycles. The van der Waals surface area contributed by atoms with Gasteiger partial charge < -0.3 is 5.73 Å². The maximum absolute atomic E-state index is 12.8. The summed E-state index contributed by atoms with van der Waals surface area (Å²) in [7, 11) is -3.91. The second kappa shape index (κ2) is 6.14. The summed E-state index contributed by atoms with van der Waals surface area (Å²) in [5, 5.41) is 1.67. The first-order valence-electron chi connectivity index (χ1n) is 6.98. The van der Waals surface area contributed by atoms with Crippen molar-refractivity contribution in [2.45, 2.75) is 4.90 Å². The Bertz CT molecular complexity index is 1040. The average molecular weight is 361 g/mol. The lowest BCUT2D eigenvalue weighted by molar-refractivity contribution is 0.100. The lowest BCUT2D eigenvalue weighted by atomic mass is 10.1. The normalized spacial score (nSPS) is 11.4. The monoisotopic (exact) mass is 360 g/mol. The van der Waals surface area contributed by atoms with Crippen molar-refractivity contribution in [3.63, 3.8) is 0 Å². The fourth-order valence-corrected chi connectivity index (χ4v) is 3.92. The maximum Gasteiger partial charge on any atom is 0.262 e. The van der Waals surface area contributed by atoms with Crippen LogP contribution < -0.4 is 10.5 Å². The fourth-order valence-electron chi connectivity index (χ4n) is 2.44. The van der Waals surface area contributed by atoms with Crippen LogP contribution in [0.25, 0.3) is 10.8 Å². The first-order chi connectivity index (χ1) is 11.4. The van der Waals surface area contributed by atoms with E-state index in [2.05, 4.69) is 4.72 Å². The zero-order valence-electron chi connectivity index (χ0n) is 12.4. The molecule has 0 atom stereocenters. The minimum atomic E-state index is -3.91. The van der Waals surface area contributed by atoms with Gasteiger partial charge in [0.15, 0.2) is 0 Å². The van der Waals surface area contributed by atoms with Gasteiger partial charge in [-0.15, -0.1) is 0 Å². The summed E-state index contributed by atoms with van der Waals surface area (Å²) in [6, 6.07) is 16.3. The lowest BCUT2D eigenvalue weighted by Gasteiger charge is -2.13. The smallest absolute Gasteiger partial charge is 0.262 e. The molecule has 3 aromatic carbocycles. The van der Waals surface area contributed by atoms with Crippen molar-refractivity contribution >= 4 is 44.0 Å². The molecule has 0 aliphatic heterocycles. The molecule has 3 N–H and O–H groups in total. The Hall–Kier alpha value is -2.57. The molecule has 0 bridgehead atoms. The third-order valence-corrected chi connectivity index (χ3v) is 5.19. The summed E-state index contributed by atoms with van der Waals surface area (Å²) >= 11 is 5.84. The van der Waals surface area contributed by atoms with Gasteiger partial charge in [-0.25, -0.2) is 8.42 Å². The van der Waals surface area contributed by atoms with E-state index < -0.39 is 15.9 Å². The molecular weight excluding hydrogens is 348 g/mol. The summed E-state index contributed by atoms with van der Waals surface area (Å²) in [4.78, 5) is 11.7. The van der Waals surface area contributed by atoms with E-state index in [1.54, 1.807) is 18.2 Å². The number of rotatable bonds is 4. The van der Waals surface area contributed by atoms with Gasteiger partial charge in [-0.2, -0.15) is 0 Å². The highest BCUT2D eigenvalue weighted by Crippen LogP contribution is 2.27. The van der Waals surface area contributed by atoms with Gasteiger partial charge in [0.1, 0.15) is 0 Å². The maximum atomic E-state index is 12.8. The molecule has 0 radical (unpaired) electrons. The van der Waals surface area contributed by atoms with Gasteiger partial charge in [0.2, 0.25) is 0 Å². The molecule has 0 saturated carbocycles. The minimum Gasteiger partial charge on any atom is -0.366 e. The van der Waals surface area contributed by atoms with Gasteiger partial charge in [0, 0.05) is 10.4 Å². The van der Waals surface area contributed by atoms with E-state index in [4.69, 9.17) is 17.3 Å². The Morgan fingerprint density at radius 3 is 2.46 bits per heavy atom. The van der Waals surface area contributed by atoms with Gasteiger partial charge in [-0.3, -0.25) is 9.52 Å². The van der Waals surface area contributed by atoms with Crippen molar-refractivity contribution in [1.82, 2.24) is 0 Å². The number of benzene rings is 3. The summed E-state index contributed by atoms with van der Waals surface area (Å²) in [6.07, 6.45) is 0. The van der Waals surface area contributed by atoms with Crippen molar-refractivity contribution in [2.75, 3.05) is 4.72 Å². The van der Waals surface area contributed by atoms with Gasteiger partial charge in [0.25, 0.3) is 15.9 Å². The number of amides is 1. The number of fused-ring (bicyclic) bond motifs is 1. The lowest BCUT2D eigenvalue weighted by Crippen LogP contribution is -2.19. The molecule has 122 valence electrons. The van der Waals surface area contributed by atoms with Crippen molar-refractivity contribution in [2.24, 2.45) is 5.73 Å². The van der Waals surface area contributed by atoms with Crippen LogP contribution >= 0.6 is 11.6 Å². The first kappa shape index (κ1) is 16.3. The molecule has 5 nitrogen and oxygen atoms in total. The predicted octanol–water partition coefficient (Wildman–Crippen LogP) is 3.39. The molecule has 24 heavy (non-hydrogen) atoms. The van der Waals surface area contributed by atoms with Crippen LogP contribution in [-0.4, -0.2) is 14.3 Å². The highest BCUT2D eigenvalue weighted by molar-refractivity contribution is 7.93. The van der Waals surface area contributed by atoms with E-state index in [1.807, 2.05) is 18.2 Å². The number of primary amides is 1. The Kier molecular flexibility index (Phi) is 4.17. The van der Waals surface area contributed by atoms with Crippen LogP contribution in [0.3, 0.4) is 0 Å². The number of carbonyl (C=O) groups is 1. The molecular formula is C17H13ClN2O3S. The van der Waals surface area contributed by atoms with Crippen molar-refractivity contribution in [1.29, 1.82) is 0 Å². The van der Waals surface area contributed by atoms with Crippen molar-refractivity contribution in [3.05, 3.63) is 71.2 Å². The molecule has 0 aromatic heterocycles. The third-order valence-electron chi connectivity index (χ3n) is 3.53. The Morgan fingerprint density at radius 2 is 1.71 bits per heavy atom. The van der Waals surface area contributed by atoms with Gasteiger partial charge in [-0.1, -0.05) is 48.0 Å². The first-order valence-corrected chi connectivity index (χ1v) is 8.84. The Balaban J connectivity index is 2.11. The zero-order valence-corrected chi connectivity index (χ0v) is 13.9. The van der Waals surface area contributed by atoms with E-state index in [1.165, 1.54) is 24.3 Å². The zero-order chi connectivity index (χ0) is 17.3. The number of nitrogens with one attached hydrogen (secondary N) is 1. The van der Waals surface area contributed by atoms with Crippen molar-refractivity contribution in [3.8, 4) is 0 Å². The van der Waals surface area contributed by atoms with Crippen LogP contribution in [0, 0.1) is 0 Å². The second-order valence-corrected chi connectivity index (χ2v) is 7.22. The molecule has 3 aromatic rings. The number of hydrogen-bond acceptors (Lipinski definition) is 3. The quantitative estimate of drug-likeness (QED) is 0.747. The number of hydrogen-bond donors (Lipinski definition) is 2. The van der Waals surface area contributed by atoms with Crippen LogP contribution in [0.4, 0.5) is 5.69 Å². The molecule has 1 amide bonds. The van der Waals surface area contributed by atoms with Crippen LogP contribution in [0.5, 0.6) is 0 Å².